The van der Waals surface area contributed by atoms with Gasteiger partial charge in [-0.2, -0.15) is 0 Å². The van der Waals surface area contributed by atoms with Gasteiger partial charge in [-0.05, 0) is 38.6 Å². The molecule has 0 aromatic heterocycles. The van der Waals surface area contributed by atoms with E-state index in [4.69, 9.17) is 9.47 Å². The fourth-order valence-electron chi connectivity index (χ4n) is 2.59. The van der Waals surface area contributed by atoms with Crippen molar-refractivity contribution in [2.24, 2.45) is 0 Å². The second-order valence-corrected chi connectivity index (χ2v) is 5.26. The van der Waals surface area contributed by atoms with E-state index in [-0.39, 0.29) is 0 Å². The Balaban J connectivity index is 2.33. The summed E-state index contributed by atoms with van der Waals surface area (Å²) in [4.78, 5) is 0. The number of ether oxygens (including phenoxy) is 2. The third-order valence-electron chi connectivity index (χ3n) is 3.63. The first-order valence-corrected chi connectivity index (χ1v) is 7.78. The molecule has 0 aromatic carbocycles. The summed E-state index contributed by atoms with van der Waals surface area (Å²) in [6.45, 7) is 9.45. The Morgan fingerprint density at radius 2 is 2.11 bits per heavy atom. The maximum atomic E-state index is 6.10. The zero-order valence-electron chi connectivity index (χ0n) is 12.4. The SMILES string of the molecule is CCCNC(CCC)C(CC)OCC1CCCO1. The van der Waals surface area contributed by atoms with Gasteiger partial charge < -0.3 is 14.8 Å². The van der Waals surface area contributed by atoms with E-state index < -0.39 is 0 Å². The summed E-state index contributed by atoms with van der Waals surface area (Å²) in [7, 11) is 0. The van der Waals surface area contributed by atoms with Crippen LogP contribution in [-0.4, -0.2) is 38.0 Å². The van der Waals surface area contributed by atoms with Crippen LogP contribution in [0.15, 0.2) is 0 Å². The van der Waals surface area contributed by atoms with Crippen molar-refractivity contribution in [3.8, 4) is 0 Å². The van der Waals surface area contributed by atoms with Crippen LogP contribution in [0.5, 0.6) is 0 Å². The second-order valence-electron chi connectivity index (χ2n) is 5.26. The maximum absolute atomic E-state index is 6.10. The molecular weight excluding hydrogens is 226 g/mol. The van der Waals surface area contributed by atoms with Crippen LogP contribution in [-0.2, 0) is 9.47 Å². The Labute approximate surface area is 113 Å². The molecule has 0 aromatic rings. The predicted octanol–water partition coefficient (Wildman–Crippen LogP) is 3.13. The second kappa shape index (κ2) is 9.76. The van der Waals surface area contributed by atoms with E-state index in [9.17, 15) is 0 Å². The third kappa shape index (κ3) is 5.68. The van der Waals surface area contributed by atoms with Crippen LogP contribution in [0, 0.1) is 0 Å². The summed E-state index contributed by atoms with van der Waals surface area (Å²) in [5.41, 5.74) is 0. The molecule has 3 unspecified atom stereocenters. The van der Waals surface area contributed by atoms with Gasteiger partial charge in [0.1, 0.15) is 0 Å². The molecule has 3 heteroatoms. The lowest BCUT2D eigenvalue weighted by Gasteiger charge is -2.28. The zero-order chi connectivity index (χ0) is 13.2. The predicted molar refractivity (Wildman–Crippen MR) is 76.0 cm³/mol. The van der Waals surface area contributed by atoms with Crippen molar-refractivity contribution >= 4 is 0 Å². The van der Waals surface area contributed by atoms with E-state index in [1.807, 2.05) is 0 Å². The summed E-state index contributed by atoms with van der Waals surface area (Å²) in [6.07, 6.45) is 7.70. The van der Waals surface area contributed by atoms with Gasteiger partial charge in [-0.25, -0.2) is 0 Å². The summed E-state index contributed by atoms with van der Waals surface area (Å²) >= 11 is 0. The highest BCUT2D eigenvalue weighted by Gasteiger charge is 2.22. The largest absolute Gasteiger partial charge is 0.376 e. The van der Waals surface area contributed by atoms with Crippen LogP contribution >= 0.6 is 0 Å². The van der Waals surface area contributed by atoms with Crippen molar-refractivity contribution in [2.45, 2.75) is 77.5 Å². The van der Waals surface area contributed by atoms with Gasteiger partial charge in [-0.1, -0.05) is 27.2 Å². The van der Waals surface area contributed by atoms with Gasteiger partial charge in [-0.15, -0.1) is 0 Å². The third-order valence-corrected chi connectivity index (χ3v) is 3.63. The average molecular weight is 257 g/mol. The van der Waals surface area contributed by atoms with Crippen molar-refractivity contribution in [1.82, 2.24) is 5.32 Å². The molecule has 1 fully saturated rings. The van der Waals surface area contributed by atoms with E-state index >= 15 is 0 Å². The zero-order valence-corrected chi connectivity index (χ0v) is 12.4. The molecule has 0 amide bonds. The Hall–Kier alpha value is -0.120. The highest BCUT2D eigenvalue weighted by molar-refractivity contribution is 4.77. The van der Waals surface area contributed by atoms with Crippen molar-refractivity contribution in [2.75, 3.05) is 19.8 Å². The van der Waals surface area contributed by atoms with E-state index in [1.54, 1.807) is 0 Å². The summed E-state index contributed by atoms with van der Waals surface area (Å²) in [5, 5.41) is 3.63. The van der Waals surface area contributed by atoms with E-state index in [2.05, 4.69) is 26.1 Å². The molecule has 108 valence electrons. The number of hydrogen-bond acceptors (Lipinski definition) is 3. The molecule has 18 heavy (non-hydrogen) atoms. The van der Waals surface area contributed by atoms with E-state index in [0.717, 1.165) is 32.6 Å². The molecule has 1 heterocycles. The topological polar surface area (TPSA) is 30.5 Å². The summed E-state index contributed by atoms with van der Waals surface area (Å²) in [6, 6.07) is 0.501. The van der Waals surface area contributed by atoms with Gasteiger partial charge >= 0.3 is 0 Å². The monoisotopic (exact) mass is 257 g/mol. The first-order chi connectivity index (χ1) is 8.81. The highest BCUT2D eigenvalue weighted by Crippen LogP contribution is 2.16. The lowest BCUT2D eigenvalue weighted by atomic mass is 10.0. The normalized spacial score (nSPS) is 23.2. The van der Waals surface area contributed by atoms with Gasteiger partial charge in [0.15, 0.2) is 0 Å². The standard InChI is InChI=1S/C15H31NO2/c1-4-8-14(16-10-5-2)15(6-3)18-12-13-9-7-11-17-13/h13-16H,4-12H2,1-3H3. The van der Waals surface area contributed by atoms with Gasteiger partial charge in [-0.3, -0.25) is 0 Å². The van der Waals surface area contributed by atoms with Crippen LogP contribution in [0.3, 0.4) is 0 Å². The van der Waals surface area contributed by atoms with Gasteiger partial charge in [0.2, 0.25) is 0 Å². The first kappa shape index (κ1) is 15.9. The molecule has 3 nitrogen and oxygen atoms in total. The fraction of sp³-hybridized carbons (Fsp3) is 1.00. The molecule has 0 radical (unpaired) electrons. The minimum Gasteiger partial charge on any atom is -0.376 e. The Morgan fingerprint density at radius 3 is 2.67 bits per heavy atom. The van der Waals surface area contributed by atoms with Crippen LogP contribution < -0.4 is 5.32 Å². The summed E-state index contributed by atoms with van der Waals surface area (Å²) in [5.74, 6) is 0. The Kier molecular flexibility index (Phi) is 8.64. The molecule has 1 N–H and O–H groups in total. The fourth-order valence-corrected chi connectivity index (χ4v) is 2.59. The lowest BCUT2D eigenvalue weighted by Crippen LogP contribution is -2.42. The van der Waals surface area contributed by atoms with Crippen LogP contribution in [0.25, 0.3) is 0 Å². The van der Waals surface area contributed by atoms with Gasteiger partial charge in [0.25, 0.3) is 0 Å². The Bertz CT molecular complexity index is 193. The maximum Gasteiger partial charge on any atom is 0.0809 e. The number of rotatable bonds is 10. The molecule has 1 rings (SSSR count). The minimum atomic E-state index is 0.334. The van der Waals surface area contributed by atoms with Crippen molar-refractivity contribution in [3.05, 3.63) is 0 Å². The minimum absolute atomic E-state index is 0.334. The quantitative estimate of drug-likeness (QED) is 0.652. The molecule has 0 bridgehead atoms. The van der Waals surface area contributed by atoms with E-state index in [1.165, 1.54) is 25.7 Å². The van der Waals surface area contributed by atoms with Crippen LogP contribution in [0.4, 0.5) is 0 Å². The molecule has 1 aliphatic rings. The van der Waals surface area contributed by atoms with Crippen LogP contribution in [0.1, 0.15) is 59.3 Å². The lowest BCUT2D eigenvalue weighted by molar-refractivity contribution is -0.0361. The van der Waals surface area contributed by atoms with Crippen molar-refractivity contribution < 1.29 is 9.47 Å². The van der Waals surface area contributed by atoms with Crippen LogP contribution in [0.2, 0.25) is 0 Å². The first-order valence-electron chi connectivity index (χ1n) is 7.78. The molecule has 0 saturated carbocycles. The molecule has 0 aliphatic carbocycles. The van der Waals surface area contributed by atoms with E-state index in [0.29, 0.717) is 18.2 Å². The highest BCUT2D eigenvalue weighted by atomic mass is 16.5. The molecule has 0 spiro atoms. The molecule has 1 aliphatic heterocycles. The molecular formula is C15H31NO2. The summed E-state index contributed by atoms with van der Waals surface area (Å²) < 4.78 is 11.7. The van der Waals surface area contributed by atoms with Gasteiger partial charge in [0.05, 0.1) is 18.8 Å². The number of hydrogen-bond donors (Lipinski definition) is 1. The van der Waals surface area contributed by atoms with Gasteiger partial charge in [0, 0.05) is 12.6 Å². The molecule has 3 atom stereocenters. The number of nitrogens with one attached hydrogen (secondary N) is 1. The Morgan fingerprint density at radius 1 is 1.28 bits per heavy atom. The molecule has 1 saturated heterocycles. The average Bonchev–Trinajstić information content (AvgIpc) is 2.89. The van der Waals surface area contributed by atoms with Crippen molar-refractivity contribution in [3.63, 3.8) is 0 Å². The smallest absolute Gasteiger partial charge is 0.0809 e. The van der Waals surface area contributed by atoms with Crippen molar-refractivity contribution in [1.29, 1.82) is 0 Å².